The van der Waals surface area contributed by atoms with Crippen molar-refractivity contribution < 1.29 is 23.5 Å². The number of piperazine rings is 1. The van der Waals surface area contributed by atoms with Gasteiger partial charge in [0.25, 0.3) is 5.56 Å². The zero-order valence-electron chi connectivity index (χ0n) is 25.3. The summed E-state index contributed by atoms with van der Waals surface area (Å²) in [6, 6.07) is 5.58. The zero-order chi connectivity index (χ0) is 32.3. The second kappa shape index (κ2) is 11.1. The van der Waals surface area contributed by atoms with E-state index < -0.39 is 46.1 Å². The number of carbonyl (C=O) groups excluding carboxylic acids is 2. The highest BCUT2D eigenvalue weighted by atomic mass is 19.1. The number of rotatable bonds is 4. The summed E-state index contributed by atoms with van der Waals surface area (Å²) in [5.41, 5.74) is 0.237. The molecule has 0 spiro atoms. The van der Waals surface area contributed by atoms with E-state index in [2.05, 4.69) is 21.9 Å². The Labute approximate surface area is 257 Å². The third kappa shape index (κ3) is 4.80. The molecule has 2 amide bonds. The molecule has 2 atom stereocenters. The van der Waals surface area contributed by atoms with Gasteiger partial charge in [0.05, 0.1) is 28.7 Å². The van der Waals surface area contributed by atoms with E-state index in [0.29, 0.717) is 16.9 Å². The number of phenols is 1. The normalized spacial score (nSPS) is 18.0. The van der Waals surface area contributed by atoms with Gasteiger partial charge in [-0.3, -0.25) is 23.9 Å². The van der Waals surface area contributed by atoms with Crippen molar-refractivity contribution in [3.05, 3.63) is 82.4 Å². The number of nitrogens with one attached hydrogen (secondary N) is 1. The Morgan fingerprint density at radius 3 is 2.60 bits per heavy atom. The van der Waals surface area contributed by atoms with Gasteiger partial charge in [0.2, 0.25) is 11.8 Å². The van der Waals surface area contributed by atoms with Crippen LogP contribution in [0.1, 0.15) is 44.4 Å². The first-order valence-corrected chi connectivity index (χ1v) is 14.6. The molecule has 2 aliphatic rings. The van der Waals surface area contributed by atoms with Crippen molar-refractivity contribution >= 4 is 34.2 Å². The molecule has 45 heavy (non-hydrogen) atoms. The number of amides is 2. The summed E-state index contributed by atoms with van der Waals surface area (Å²) in [6.45, 7) is 11.4. The average molecular weight is 615 g/mol. The van der Waals surface area contributed by atoms with Gasteiger partial charge in [0.1, 0.15) is 22.9 Å². The zero-order valence-corrected chi connectivity index (χ0v) is 25.3. The first-order valence-electron chi connectivity index (χ1n) is 14.6. The minimum absolute atomic E-state index is 0.0112. The third-order valence-corrected chi connectivity index (χ3v) is 8.50. The Bertz CT molecular complexity index is 1950. The van der Waals surface area contributed by atoms with Crippen LogP contribution in [0.25, 0.3) is 28.0 Å². The van der Waals surface area contributed by atoms with Gasteiger partial charge in [-0.05, 0) is 55.7 Å². The van der Waals surface area contributed by atoms with Crippen molar-refractivity contribution in [3.8, 4) is 22.7 Å². The number of phenolic OH excluding ortho intramolecular Hbond substituents is 1. The lowest BCUT2D eigenvalue weighted by molar-refractivity contribution is -0.129. The van der Waals surface area contributed by atoms with Crippen molar-refractivity contribution in [1.82, 2.24) is 19.4 Å². The van der Waals surface area contributed by atoms with Crippen molar-refractivity contribution in [2.24, 2.45) is 0 Å². The van der Waals surface area contributed by atoms with E-state index in [0.717, 1.165) is 12.1 Å². The van der Waals surface area contributed by atoms with Gasteiger partial charge in [-0.15, -0.1) is 0 Å². The number of hydrogen-bond donors (Lipinski definition) is 2. The topological polar surface area (TPSA) is 121 Å². The van der Waals surface area contributed by atoms with E-state index in [4.69, 9.17) is 0 Å². The number of benzene rings is 1. The standard InChI is InChI=1S/C33H32F2N6O4/c1-6-25(44)39-15-19-12-24(43)37-29-31(40(19)14-18(39)5)20-13-22(35)28(26-21(34)8-7-9-23(26)42)38-32(20)41(33(29)45)30-17(4)10-11-36-27(30)16(2)3/h6-11,13,16,18-19,42H,1,12,14-15H2,2-5H3,(H,37,43)/t18-,19+/m1/s1. The average Bonchev–Trinajstić information content (AvgIpc) is 3.13. The van der Waals surface area contributed by atoms with Gasteiger partial charge >= 0.3 is 0 Å². The Morgan fingerprint density at radius 2 is 1.91 bits per heavy atom. The molecule has 1 fully saturated rings. The number of pyridine rings is 3. The Hall–Kier alpha value is -5.13. The summed E-state index contributed by atoms with van der Waals surface area (Å²) in [5.74, 6) is -3.24. The van der Waals surface area contributed by atoms with E-state index >= 15 is 8.78 Å². The van der Waals surface area contributed by atoms with Crippen LogP contribution < -0.4 is 15.8 Å². The van der Waals surface area contributed by atoms with Crippen LogP contribution in [-0.4, -0.2) is 61.5 Å². The summed E-state index contributed by atoms with van der Waals surface area (Å²) in [7, 11) is 0. The maximum absolute atomic E-state index is 16.1. The molecule has 2 aliphatic heterocycles. The van der Waals surface area contributed by atoms with E-state index in [1.165, 1.54) is 22.8 Å². The largest absolute Gasteiger partial charge is 0.507 e. The molecule has 1 aromatic carbocycles. The van der Waals surface area contributed by atoms with Crippen molar-refractivity contribution in [2.75, 3.05) is 23.3 Å². The highest BCUT2D eigenvalue weighted by Crippen LogP contribution is 2.42. The lowest BCUT2D eigenvalue weighted by Crippen LogP contribution is -2.59. The van der Waals surface area contributed by atoms with E-state index in [-0.39, 0.29) is 59.8 Å². The van der Waals surface area contributed by atoms with Gasteiger partial charge in [-0.1, -0.05) is 26.5 Å². The number of nitrogens with zero attached hydrogens (tertiary/aromatic N) is 5. The third-order valence-electron chi connectivity index (χ3n) is 8.50. The van der Waals surface area contributed by atoms with Crippen LogP contribution in [-0.2, 0) is 9.59 Å². The quantitative estimate of drug-likeness (QED) is 0.317. The summed E-state index contributed by atoms with van der Waals surface area (Å²) in [4.78, 5) is 53.2. The molecule has 0 bridgehead atoms. The molecule has 10 nitrogen and oxygen atoms in total. The summed E-state index contributed by atoms with van der Waals surface area (Å²) < 4.78 is 32.5. The molecule has 12 heteroatoms. The molecule has 0 aliphatic carbocycles. The number of anilines is 2. The van der Waals surface area contributed by atoms with Crippen LogP contribution in [0.4, 0.5) is 20.2 Å². The highest BCUT2D eigenvalue weighted by Gasteiger charge is 2.40. The van der Waals surface area contributed by atoms with Gasteiger partial charge in [-0.25, -0.2) is 13.8 Å². The Morgan fingerprint density at radius 1 is 1.16 bits per heavy atom. The Balaban J connectivity index is 1.75. The molecular weight excluding hydrogens is 582 g/mol. The number of aromatic nitrogens is 3. The lowest BCUT2D eigenvalue weighted by atomic mass is 10.0. The van der Waals surface area contributed by atoms with E-state index in [1.807, 2.05) is 25.7 Å². The number of hydrogen-bond acceptors (Lipinski definition) is 7. The molecule has 3 aromatic heterocycles. The summed E-state index contributed by atoms with van der Waals surface area (Å²) in [5, 5.41) is 13.5. The van der Waals surface area contributed by atoms with Crippen molar-refractivity contribution in [3.63, 3.8) is 0 Å². The number of aromatic hydroxyl groups is 1. The number of aryl methyl sites for hydroxylation is 1. The first kappa shape index (κ1) is 29.9. The van der Waals surface area contributed by atoms with Gasteiger partial charge in [0.15, 0.2) is 11.5 Å². The highest BCUT2D eigenvalue weighted by molar-refractivity contribution is 6.06. The van der Waals surface area contributed by atoms with Crippen LogP contribution in [0, 0.1) is 18.6 Å². The second-order valence-corrected chi connectivity index (χ2v) is 11.8. The van der Waals surface area contributed by atoms with Crippen LogP contribution in [0.5, 0.6) is 5.75 Å². The van der Waals surface area contributed by atoms with Crippen molar-refractivity contribution in [2.45, 2.75) is 52.1 Å². The molecule has 1 saturated heterocycles. The molecule has 6 rings (SSSR count). The fourth-order valence-electron chi connectivity index (χ4n) is 6.41. The number of halogens is 2. The SMILES string of the molecule is C=CC(=O)N1C[C@@H]2CC(=O)Nc3c(c4cc(F)c(-c5c(O)cccc5F)nc4n(-c4c(C)ccnc4C(C)C)c3=O)N2C[C@H]1C. The maximum Gasteiger partial charge on any atom is 0.282 e. The van der Waals surface area contributed by atoms with E-state index in [1.54, 1.807) is 24.1 Å². The lowest BCUT2D eigenvalue weighted by Gasteiger charge is -2.45. The monoisotopic (exact) mass is 614 g/mol. The first-order chi connectivity index (χ1) is 21.4. The molecule has 0 saturated carbocycles. The predicted molar refractivity (Wildman–Crippen MR) is 167 cm³/mol. The molecule has 232 valence electrons. The summed E-state index contributed by atoms with van der Waals surface area (Å²) >= 11 is 0. The molecule has 0 radical (unpaired) electrons. The minimum Gasteiger partial charge on any atom is -0.507 e. The van der Waals surface area contributed by atoms with Gasteiger partial charge < -0.3 is 20.2 Å². The summed E-state index contributed by atoms with van der Waals surface area (Å²) in [6.07, 6.45) is 2.80. The molecular formula is C33H32F2N6O4. The Kier molecular flexibility index (Phi) is 7.38. The van der Waals surface area contributed by atoms with Crippen LogP contribution >= 0.6 is 0 Å². The molecule has 0 unspecified atom stereocenters. The number of carbonyl (C=O) groups is 2. The van der Waals surface area contributed by atoms with Crippen LogP contribution in [0.15, 0.2) is 54.0 Å². The van der Waals surface area contributed by atoms with Crippen LogP contribution in [0.3, 0.4) is 0 Å². The van der Waals surface area contributed by atoms with E-state index in [9.17, 15) is 19.5 Å². The van der Waals surface area contributed by atoms with Crippen LogP contribution in [0.2, 0.25) is 0 Å². The van der Waals surface area contributed by atoms with Gasteiger partial charge in [0, 0.05) is 37.1 Å². The smallest absolute Gasteiger partial charge is 0.282 e. The number of fused-ring (bicyclic) bond motifs is 5. The molecule has 4 aromatic rings. The molecule has 2 N–H and O–H groups in total. The molecule has 5 heterocycles. The minimum atomic E-state index is -0.942. The van der Waals surface area contributed by atoms with Crippen molar-refractivity contribution in [1.29, 1.82) is 0 Å². The fourth-order valence-corrected chi connectivity index (χ4v) is 6.41. The second-order valence-electron chi connectivity index (χ2n) is 11.8. The maximum atomic E-state index is 16.1. The fraction of sp³-hybridized carbons (Fsp3) is 0.303. The van der Waals surface area contributed by atoms with Gasteiger partial charge in [-0.2, -0.15) is 0 Å². The predicted octanol–water partition coefficient (Wildman–Crippen LogP) is 4.80.